The van der Waals surface area contributed by atoms with E-state index in [4.69, 9.17) is 0 Å². The van der Waals surface area contributed by atoms with Crippen LogP contribution in [-0.4, -0.2) is 22.7 Å². The van der Waals surface area contributed by atoms with Gasteiger partial charge in [0.25, 0.3) is 0 Å². The van der Waals surface area contributed by atoms with Gasteiger partial charge < -0.3 is 10.0 Å². The Morgan fingerprint density at radius 2 is 1.79 bits per heavy atom. The number of amides is 1. The maximum absolute atomic E-state index is 13.2. The van der Waals surface area contributed by atoms with E-state index in [0.29, 0.717) is 12.8 Å². The first-order valence-electron chi connectivity index (χ1n) is 8.55. The molecule has 0 saturated carbocycles. The molecular formula is C21H25NO2. The second-order valence-electron chi connectivity index (χ2n) is 7.30. The van der Waals surface area contributed by atoms with E-state index in [-0.39, 0.29) is 17.9 Å². The van der Waals surface area contributed by atoms with Gasteiger partial charge in [-0.25, -0.2) is 0 Å². The molecule has 0 saturated heterocycles. The van der Waals surface area contributed by atoms with Crippen LogP contribution in [0.4, 0.5) is 5.69 Å². The molecule has 2 atom stereocenters. The molecule has 1 heterocycles. The fourth-order valence-electron chi connectivity index (χ4n) is 3.52. The van der Waals surface area contributed by atoms with Gasteiger partial charge in [-0.05, 0) is 43.9 Å². The van der Waals surface area contributed by atoms with Crippen molar-refractivity contribution in [2.75, 3.05) is 4.90 Å². The molecule has 1 aliphatic rings. The smallest absolute Gasteiger partial charge is 0.230 e. The number of hydrogen-bond acceptors (Lipinski definition) is 2. The van der Waals surface area contributed by atoms with Crippen LogP contribution in [0.15, 0.2) is 54.6 Å². The number of carbonyl (C=O) groups excluding carboxylic acids is 1. The number of benzene rings is 2. The SMILES string of the molecule is C[C@H](Cc1ccccc1)C(=O)N1c2ccccc2C[C@H]1C(C)(C)O. The number of para-hydroxylation sites is 1. The van der Waals surface area contributed by atoms with Crippen molar-refractivity contribution in [3.05, 3.63) is 65.7 Å². The number of aliphatic hydroxyl groups is 1. The lowest BCUT2D eigenvalue weighted by molar-refractivity contribution is -0.123. The highest BCUT2D eigenvalue weighted by Crippen LogP contribution is 2.37. The molecule has 0 aliphatic carbocycles. The van der Waals surface area contributed by atoms with Gasteiger partial charge in [-0.2, -0.15) is 0 Å². The molecule has 24 heavy (non-hydrogen) atoms. The van der Waals surface area contributed by atoms with Crippen molar-refractivity contribution in [1.82, 2.24) is 0 Å². The van der Waals surface area contributed by atoms with Crippen LogP contribution in [0.5, 0.6) is 0 Å². The van der Waals surface area contributed by atoms with Crippen LogP contribution in [0.25, 0.3) is 0 Å². The molecule has 0 unspecified atom stereocenters. The van der Waals surface area contributed by atoms with Gasteiger partial charge in [0.2, 0.25) is 5.91 Å². The van der Waals surface area contributed by atoms with Crippen molar-refractivity contribution in [2.45, 2.75) is 45.3 Å². The van der Waals surface area contributed by atoms with E-state index in [1.807, 2.05) is 54.3 Å². The fourth-order valence-corrected chi connectivity index (χ4v) is 3.52. The lowest BCUT2D eigenvalue weighted by Crippen LogP contribution is -2.52. The third kappa shape index (κ3) is 3.22. The van der Waals surface area contributed by atoms with Gasteiger partial charge in [0.15, 0.2) is 0 Å². The summed E-state index contributed by atoms with van der Waals surface area (Å²) >= 11 is 0. The fraction of sp³-hybridized carbons (Fsp3) is 0.381. The minimum absolute atomic E-state index is 0.0796. The second kappa shape index (κ2) is 6.40. The van der Waals surface area contributed by atoms with Gasteiger partial charge >= 0.3 is 0 Å². The average Bonchev–Trinajstić information content (AvgIpc) is 2.95. The van der Waals surface area contributed by atoms with E-state index in [2.05, 4.69) is 12.1 Å². The van der Waals surface area contributed by atoms with Crippen molar-refractivity contribution in [3.8, 4) is 0 Å². The van der Waals surface area contributed by atoms with E-state index < -0.39 is 5.60 Å². The predicted octanol–water partition coefficient (Wildman–Crippen LogP) is 3.59. The van der Waals surface area contributed by atoms with Gasteiger partial charge in [-0.15, -0.1) is 0 Å². The van der Waals surface area contributed by atoms with Gasteiger partial charge in [0.05, 0.1) is 11.6 Å². The van der Waals surface area contributed by atoms with Crippen molar-refractivity contribution < 1.29 is 9.90 Å². The summed E-state index contributed by atoms with van der Waals surface area (Å²) in [7, 11) is 0. The number of nitrogens with zero attached hydrogens (tertiary/aromatic N) is 1. The van der Waals surface area contributed by atoms with E-state index in [1.54, 1.807) is 13.8 Å². The van der Waals surface area contributed by atoms with E-state index in [1.165, 1.54) is 0 Å². The summed E-state index contributed by atoms with van der Waals surface area (Å²) in [4.78, 5) is 15.0. The molecule has 3 rings (SSSR count). The van der Waals surface area contributed by atoms with Crippen LogP contribution in [0, 0.1) is 5.92 Å². The first-order valence-corrected chi connectivity index (χ1v) is 8.55. The van der Waals surface area contributed by atoms with Crippen LogP contribution in [0.3, 0.4) is 0 Å². The number of hydrogen-bond donors (Lipinski definition) is 1. The Kier molecular flexibility index (Phi) is 4.46. The Bertz CT molecular complexity index is 718. The van der Waals surface area contributed by atoms with Gasteiger partial charge in [0, 0.05) is 11.6 Å². The molecule has 3 heteroatoms. The zero-order valence-electron chi connectivity index (χ0n) is 14.6. The number of rotatable bonds is 4. The monoisotopic (exact) mass is 323 g/mol. The van der Waals surface area contributed by atoms with E-state index >= 15 is 0 Å². The summed E-state index contributed by atoms with van der Waals surface area (Å²) in [6.45, 7) is 5.54. The average molecular weight is 323 g/mol. The van der Waals surface area contributed by atoms with Crippen LogP contribution in [-0.2, 0) is 17.6 Å². The molecule has 1 aliphatic heterocycles. The summed E-state index contributed by atoms with van der Waals surface area (Å²) in [6.07, 6.45) is 1.40. The predicted molar refractivity (Wildman–Crippen MR) is 97.0 cm³/mol. The Balaban J connectivity index is 1.88. The summed E-state index contributed by atoms with van der Waals surface area (Å²) in [5.74, 6) is -0.0562. The summed E-state index contributed by atoms with van der Waals surface area (Å²) < 4.78 is 0. The summed E-state index contributed by atoms with van der Waals surface area (Å²) in [5, 5.41) is 10.6. The summed E-state index contributed by atoms with van der Waals surface area (Å²) in [5.41, 5.74) is 2.28. The minimum atomic E-state index is -0.943. The maximum Gasteiger partial charge on any atom is 0.230 e. The first-order chi connectivity index (χ1) is 11.4. The zero-order chi connectivity index (χ0) is 17.3. The Hall–Kier alpha value is -2.13. The van der Waals surface area contributed by atoms with Crippen LogP contribution in [0.2, 0.25) is 0 Å². The minimum Gasteiger partial charge on any atom is -0.388 e. The van der Waals surface area contributed by atoms with Crippen LogP contribution >= 0.6 is 0 Å². The van der Waals surface area contributed by atoms with Gasteiger partial charge in [-0.3, -0.25) is 4.79 Å². The molecule has 0 radical (unpaired) electrons. The van der Waals surface area contributed by atoms with Crippen molar-refractivity contribution in [1.29, 1.82) is 0 Å². The van der Waals surface area contributed by atoms with Crippen molar-refractivity contribution in [2.24, 2.45) is 5.92 Å². The standard InChI is InChI=1S/C21H25NO2/c1-15(13-16-9-5-4-6-10-16)20(23)22-18-12-8-7-11-17(18)14-19(22)21(2,3)24/h4-12,15,19,24H,13-14H2,1-3H3/t15-,19+/m1/s1. The van der Waals surface area contributed by atoms with Gasteiger partial charge in [-0.1, -0.05) is 55.5 Å². The maximum atomic E-state index is 13.2. The molecule has 126 valence electrons. The zero-order valence-corrected chi connectivity index (χ0v) is 14.6. The quantitative estimate of drug-likeness (QED) is 0.934. The Morgan fingerprint density at radius 1 is 1.17 bits per heavy atom. The van der Waals surface area contributed by atoms with E-state index in [9.17, 15) is 9.90 Å². The van der Waals surface area contributed by atoms with Crippen LogP contribution in [0.1, 0.15) is 31.9 Å². The number of anilines is 1. The van der Waals surface area contributed by atoms with Crippen molar-refractivity contribution in [3.63, 3.8) is 0 Å². The lowest BCUT2D eigenvalue weighted by Gasteiger charge is -2.35. The molecule has 2 aromatic carbocycles. The topological polar surface area (TPSA) is 40.5 Å². The normalized spacial score (nSPS) is 18.3. The molecule has 0 spiro atoms. The van der Waals surface area contributed by atoms with Gasteiger partial charge in [0.1, 0.15) is 0 Å². The third-order valence-corrected chi connectivity index (χ3v) is 4.84. The molecule has 0 fully saturated rings. The summed E-state index contributed by atoms with van der Waals surface area (Å²) in [6, 6.07) is 17.8. The van der Waals surface area contributed by atoms with Crippen molar-refractivity contribution >= 4 is 11.6 Å². The van der Waals surface area contributed by atoms with E-state index in [0.717, 1.165) is 16.8 Å². The molecule has 0 bridgehead atoms. The lowest BCUT2D eigenvalue weighted by atomic mass is 9.93. The number of carbonyl (C=O) groups is 1. The molecule has 1 N–H and O–H groups in total. The molecular weight excluding hydrogens is 298 g/mol. The Morgan fingerprint density at radius 3 is 2.46 bits per heavy atom. The first kappa shape index (κ1) is 16.7. The number of fused-ring (bicyclic) bond motifs is 1. The molecule has 1 amide bonds. The largest absolute Gasteiger partial charge is 0.388 e. The highest BCUT2D eigenvalue weighted by molar-refractivity contribution is 5.98. The highest BCUT2D eigenvalue weighted by Gasteiger charge is 2.42. The molecule has 2 aromatic rings. The second-order valence-corrected chi connectivity index (χ2v) is 7.30. The highest BCUT2D eigenvalue weighted by atomic mass is 16.3. The molecule has 3 nitrogen and oxygen atoms in total. The van der Waals surface area contributed by atoms with Crippen LogP contribution < -0.4 is 4.90 Å². The molecule has 0 aromatic heterocycles. The Labute approximate surface area is 143 Å². The third-order valence-electron chi connectivity index (χ3n) is 4.84.